The van der Waals surface area contributed by atoms with Gasteiger partial charge < -0.3 is 4.90 Å². The van der Waals surface area contributed by atoms with E-state index in [-0.39, 0.29) is 1.43 Å². The van der Waals surface area contributed by atoms with Crippen molar-refractivity contribution in [2.45, 2.75) is 25.3 Å². The summed E-state index contributed by atoms with van der Waals surface area (Å²) in [5, 5.41) is 0. The van der Waals surface area contributed by atoms with Crippen molar-refractivity contribution in [3.63, 3.8) is 0 Å². The van der Waals surface area contributed by atoms with Crippen LogP contribution in [0.2, 0.25) is 0 Å². The van der Waals surface area contributed by atoms with Gasteiger partial charge in [-0.2, -0.15) is 0 Å². The molecule has 2 bridgehead atoms. The Labute approximate surface area is 52.2 Å². The fourth-order valence-electron chi connectivity index (χ4n) is 2.17. The Hall–Kier alpha value is -0.0400. The summed E-state index contributed by atoms with van der Waals surface area (Å²) < 4.78 is 0. The monoisotopic (exact) mass is 112 g/mol. The van der Waals surface area contributed by atoms with Gasteiger partial charge in [-0.3, -0.25) is 0 Å². The summed E-state index contributed by atoms with van der Waals surface area (Å²) >= 11 is 0. The van der Waals surface area contributed by atoms with Crippen LogP contribution in [0.25, 0.3) is 0 Å². The van der Waals surface area contributed by atoms with Gasteiger partial charge in [-0.05, 0) is 32.2 Å². The van der Waals surface area contributed by atoms with E-state index in [2.05, 4.69) is 11.9 Å². The SMILES string of the molecule is CN1CC2CCC1C2.[H+]. The third-order valence-electron chi connectivity index (χ3n) is 2.68. The highest BCUT2D eigenvalue weighted by Gasteiger charge is 2.34. The van der Waals surface area contributed by atoms with Crippen molar-refractivity contribution in [2.24, 2.45) is 5.92 Å². The van der Waals surface area contributed by atoms with Crippen molar-refractivity contribution in [3.8, 4) is 0 Å². The first-order valence-corrected chi connectivity index (χ1v) is 3.56. The highest BCUT2D eigenvalue weighted by molar-refractivity contribution is 4.89. The molecule has 0 N–H and O–H groups in total. The maximum atomic E-state index is 2.51. The van der Waals surface area contributed by atoms with Gasteiger partial charge in [0.15, 0.2) is 0 Å². The van der Waals surface area contributed by atoms with E-state index in [0.717, 1.165) is 12.0 Å². The second-order valence-corrected chi connectivity index (χ2v) is 3.27. The van der Waals surface area contributed by atoms with Crippen LogP contribution in [0.15, 0.2) is 0 Å². The Morgan fingerprint density at radius 2 is 2.38 bits per heavy atom. The lowest BCUT2D eigenvalue weighted by atomic mass is 10.1. The predicted octanol–water partition coefficient (Wildman–Crippen LogP) is 1.21. The molecular formula is C7H14N+. The Kier molecular flexibility index (Phi) is 0.884. The molecule has 1 aliphatic heterocycles. The molecule has 46 valence electrons. The van der Waals surface area contributed by atoms with Crippen LogP contribution in [0.4, 0.5) is 0 Å². The predicted molar refractivity (Wildman–Crippen MR) is 34.9 cm³/mol. The minimum atomic E-state index is 0. The molecular weight excluding hydrogens is 98.1 g/mol. The minimum Gasteiger partial charge on any atom is -0.303 e. The molecule has 1 heteroatoms. The molecule has 0 radical (unpaired) electrons. The lowest BCUT2D eigenvalue weighted by Crippen LogP contribution is -2.27. The topological polar surface area (TPSA) is 3.24 Å². The van der Waals surface area contributed by atoms with Crippen LogP contribution in [-0.2, 0) is 0 Å². The molecule has 0 spiro atoms. The van der Waals surface area contributed by atoms with E-state index >= 15 is 0 Å². The summed E-state index contributed by atoms with van der Waals surface area (Å²) in [6.45, 7) is 1.38. The molecule has 0 aromatic heterocycles. The average molecular weight is 112 g/mol. The maximum absolute atomic E-state index is 2.51. The fraction of sp³-hybridized carbons (Fsp3) is 1.00. The standard InChI is InChI=1S/C7H13N/c1-8-5-6-2-3-7(8)4-6/h6-7H,2-5H2,1H3/p+1. The van der Waals surface area contributed by atoms with Crippen LogP contribution in [-0.4, -0.2) is 24.5 Å². The van der Waals surface area contributed by atoms with Crippen molar-refractivity contribution in [2.75, 3.05) is 13.6 Å². The van der Waals surface area contributed by atoms with Crippen LogP contribution in [0.5, 0.6) is 0 Å². The summed E-state index contributed by atoms with van der Waals surface area (Å²) in [5.74, 6) is 1.07. The third-order valence-corrected chi connectivity index (χ3v) is 2.68. The Bertz CT molecular complexity index is 103. The second kappa shape index (κ2) is 1.47. The van der Waals surface area contributed by atoms with Gasteiger partial charge in [-0.25, -0.2) is 0 Å². The molecule has 1 aliphatic carbocycles. The maximum Gasteiger partial charge on any atom is 1.00 e. The first-order chi connectivity index (χ1) is 3.86. The lowest BCUT2D eigenvalue weighted by molar-refractivity contribution is 0.261. The summed E-state index contributed by atoms with van der Waals surface area (Å²) in [4.78, 5) is 2.51. The highest BCUT2D eigenvalue weighted by atomic mass is 15.2. The lowest BCUT2D eigenvalue weighted by Gasteiger charge is -2.20. The summed E-state index contributed by atoms with van der Waals surface area (Å²) in [5.41, 5.74) is 0. The van der Waals surface area contributed by atoms with Gasteiger partial charge in [-0.1, -0.05) is 0 Å². The largest absolute Gasteiger partial charge is 1.00 e. The first-order valence-electron chi connectivity index (χ1n) is 3.56. The number of rotatable bonds is 0. The molecule has 1 saturated carbocycles. The van der Waals surface area contributed by atoms with E-state index in [9.17, 15) is 0 Å². The Morgan fingerprint density at radius 3 is 2.62 bits per heavy atom. The molecule has 2 unspecified atom stereocenters. The zero-order valence-electron chi connectivity index (χ0n) is 6.43. The summed E-state index contributed by atoms with van der Waals surface area (Å²) in [6.07, 6.45) is 4.48. The quantitative estimate of drug-likeness (QED) is 0.455. The normalized spacial score (nSPS) is 46.1. The van der Waals surface area contributed by atoms with E-state index in [1.165, 1.54) is 25.8 Å². The summed E-state index contributed by atoms with van der Waals surface area (Å²) in [7, 11) is 2.25. The van der Waals surface area contributed by atoms with Crippen LogP contribution < -0.4 is 0 Å². The second-order valence-electron chi connectivity index (χ2n) is 3.27. The van der Waals surface area contributed by atoms with Gasteiger partial charge in [0.1, 0.15) is 0 Å². The minimum absolute atomic E-state index is 0. The van der Waals surface area contributed by atoms with Crippen LogP contribution in [0.3, 0.4) is 0 Å². The van der Waals surface area contributed by atoms with Crippen LogP contribution >= 0.6 is 0 Å². The molecule has 2 rings (SSSR count). The van der Waals surface area contributed by atoms with E-state index < -0.39 is 0 Å². The molecule has 2 atom stereocenters. The van der Waals surface area contributed by atoms with Gasteiger partial charge in [0.25, 0.3) is 0 Å². The number of piperidine rings is 1. The van der Waals surface area contributed by atoms with Gasteiger partial charge in [0.2, 0.25) is 0 Å². The molecule has 0 aromatic rings. The number of likely N-dealkylation sites (tertiary alicyclic amines) is 1. The van der Waals surface area contributed by atoms with Crippen molar-refractivity contribution < 1.29 is 1.43 Å². The van der Waals surface area contributed by atoms with Gasteiger partial charge in [-0.15, -0.1) is 0 Å². The molecule has 2 aliphatic rings. The van der Waals surface area contributed by atoms with Crippen LogP contribution in [0, 0.1) is 5.92 Å². The molecule has 1 nitrogen and oxygen atoms in total. The zero-order valence-corrected chi connectivity index (χ0v) is 5.43. The van der Waals surface area contributed by atoms with E-state index in [1.54, 1.807) is 0 Å². The Balaban J connectivity index is 0.000000405. The number of nitrogens with zero attached hydrogens (tertiary/aromatic N) is 1. The Morgan fingerprint density at radius 1 is 1.50 bits per heavy atom. The summed E-state index contributed by atoms with van der Waals surface area (Å²) in [6, 6.07) is 0.972. The van der Waals surface area contributed by atoms with E-state index in [0.29, 0.717) is 0 Å². The van der Waals surface area contributed by atoms with Crippen molar-refractivity contribution in [1.82, 2.24) is 4.90 Å². The van der Waals surface area contributed by atoms with Crippen molar-refractivity contribution in [3.05, 3.63) is 0 Å². The van der Waals surface area contributed by atoms with Gasteiger partial charge in [0.05, 0.1) is 0 Å². The number of hydrogen-bond donors (Lipinski definition) is 0. The highest BCUT2D eigenvalue weighted by Crippen LogP contribution is 2.35. The fourth-order valence-corrected chi connectivity index (χ4v) is 2.17. The smallest absolute Gasteiger partial charge is 0.303 e. The molecule has 1 saturated heterocycles. The van der Waals surface area contributed by atoms with E-state index in [1.807, 2.05) is 0 Å². The van der Waals surface area contributed by atoms with Gasteiger partial charge >= 0.3 is 1.43 Å². The average Bonchev–Trinajstić information content (AvgIpc) is 2.23. The van der Waals surface area contributed by atoms with E-state index in [4.69, 9.17) is 0 Å². The van der Waals surface area contributed by atoms with Crippen molar-refractivity contribution >= 4 is 0 Å². The number of hydrogen-bond acceptors (Lipinski definition) is 1. The molecule has 1 heterocycles. The number of fused-ring (bicyclic) bond motifs is 2. The zero-order chi connectivity index (χ0) is 5.56. The first kappa shape index (κ1) is 4.80. The molecule has 8 heavy (non-hydrogen) atoms. The van der Waals surface area contributed by atoms with Crippen molar-refractivity contribution in [1.29, 1.82) is 0 Å². The molecule has 2 fully saturated rings. The van der Waals surface area contributed by atoms with Gasteiger partial charge in [0, 0.05) is 12.6 Å². The third kappa shape index (κ3) is 0.510. The molecule has 0 aromatic carbocycles. The van der Waals surface area contributed by atoms with Crippen LogP contribution in [0.1, 0.15) is 20.7 Å². The molecule has 0 amide bonds.